The van der Waals surface area contributed by atoms with Crippen LogP contribution in [0, 0.1) is 0 Å². The average Bonchev–Trinajstić information content (AvgIpc) is 2.76. The number of thioether (sulfide) groups is 1. The summed E-state index contributed by atoms with van der Waals surface area (Å²) in [5, 5.41) is 8.12. The molecule has 1 heterocycles. The topological polar surface area (TPSA) is 64.9 Å². The number of anilines is 1. The summed E-state index contributed by atoms with van der Waals surface area (Å²) >= 11 is 4.98. The first-order valence-electron chi connectivity index (χ1n) is 5.87. The van der Waals surface area contributed by atoms with Gasteiger partial charge in [-0.15, -0.1) is 22.0 Å². The standard InChI is InChI=1S/C13H16BrN3OS/c1-13(2,3)12-17-16-11(18-12)7-19-10-5-4-8(14)6-9(10)15/h4-6H,7,15H2,1-3H3. The number of halogens is 1. The third-order valence-electron chi connectivity index (χ3n) is 2.43. The minimum absolute atomic E-state index is 0.118. The molecule has 1 aromatic carbocycles. The number of nitrogens with two attached hydrogens (primary N) is 1. The van der Waals surface area contributed by atoms with Gasteiger partial charge in [0.1, 0.15) is 0 Å². The minimum Gasteiger partial charge on any atom is -0.424 e. The van der Waals surface area contributed by atoms with Gasteiger partial charge in [0.25, 0.3) is 0 Å². The van der Waals surface area contributed by atoms with Gasteiger partial charge >= 0.3 is 0 Å². The molecule has 0 unspecified atom stereocenters. The number of nitrogens with zero attached hydrogens (tertiary/aromatic N) is 2. The van der Waals surface area contributed by atoms with Crippen molar-refractivity contribution in [2.24, 2.45) is 0 Å². The molecule has 19 heavy (non-hydrogen) atoms. The van der Waals surface area contributed by atoms with E-state index in [-0.39, 0.29) is 5.41 Å². The van der Waals surface area contributed by atoms with Crippen LogP contribution in [0.3, 0.4) is 0 Å². The lowest BCUT2D eigenvalue weighted by molar-refractivity contribution is 0.378. The molecule has 0 aliphatic carbocycles. The molecule has 0 bridgehead atoms. The van der Waals surface area contributed by atoms with Crippen LogP contribution >= 0.6 is 27.7 Å². The lowest BCUT2D eigenvalue weighted by atomic mass is 9.97. The Morgan fingerprint density at radius 1 is 1.32 bits per heavy atom. The van der Waals surface area contributed by atoms with E-state index >= 15 is 0 Å². The smallest absolute Gasteiger partial charge is 0.226 e. The van der Waals surface area contributed by atoms with E-state index < -0.39 is 0 Å². The highest BCUT2D eigenvalue weighted by Gasteiger charge is 2.21. The molecular weight excluding hydrogens is 326 g/mol. The van der Waals surface area contributed by atoms with Crippen molar-refractivity contribution in [2.75, 3.05) is 5.73 Å². The number of rotatable bonds is 3. The molecule has 0 aliphatic rings. The van der Waals surface area contributed by atoms with Gasteiger partial charge in [0.15, 0.2) is 0 Å². The van der Waals surface area contributed by atoms with E-state index in [1.807, 2.05) is 39.0 Å². The van der Waals surface area contributed by atoms with Gasteiger partial charge in [0.2, 0.25) is 11.8 Å². The summed E-state index contributed by atoms with van der Waals surface area (Å²) in [6.45, 7) is 6.14. The Labute approximate surface area is 125 Å². The van der Waals surface area contributed by atoms with Crippen LogP contribution in [0.1, 0.15) is 32.6 Å². The molecule has 0 radical (unpaired) electrons. The van der Waals surface area contributed by atoms with E-state index in [1.165, 1.54) is 0 Å². The van der Waals surface area contributed by atoms with Crippen molar-refractivity contribution in [3.63, 3.8) is 0 Å². The Morgan fingerprint density at radius 3 is 2.63 bits per heavy atom. The zero-order valence-corrected chi connectivity index (χ0v) is 13.5. The van der Waals surface area contributed by atoms with Crippen molar-refractivity contribution >= 4 is 33.4 Å². The fourth-order valence-electron chi connectivity index (χ4n) is 1.41. The van der Waals surface area contributed by atoms with Crippen molar-refractivity contribution in [2.45, 2.75) is 36.8 Å². The zero-order chi connectivity index (χ0) is 14.0. The van der Waals surface area contributed by atoms with Gasteiger partial charge < -0.3 is 10.2 Å². The van der Waals surface area contributed by atoms with Gasteiger partial charge in [-0.1, -0.05) is 36.7 Å². The summed E-state index contributed by atoms with van der Waals surface area (Å²) in [7, 11) is 0. The van der Waals surface area contributed by atoms with Gasteiger partial charge in [-0.2, -0.15) is 0 Å². The van der Waals surface area contributed by atoms with Crippen LogP contribution < -0.4 is 5.73 Å². The van der Waals surface area contributed by atoms with E-state index in [0.29, 0.717) is 17.5 Å². The van der Waals surface area contributed by atoms with Gasteiger partial charge in [-0.3, -0.25) is 0 Å². The number of hydrogen-bond acceptors (Lipinski definition) is 5. The van der Waals surface area contributed by atoms with E-state index in [0.717, 1.165) is 15.1 Å². The number of benzene rings is 1. The summed E-state index contributed by atoms with van der Waals surface area (Å²) in [5.41, 5.74) is 6.57. The molecule has 0 spiro atoms. The maximum Gasteiger partial charge on any atom is 0.226 e. The van der Waals surface area contributed by atoms with Gasteiger partial charge in [-0.25, -0.2) is 0 Å². The van der Waals surface area contributed by atoms with E-state index in [9.17, 15) is 0 Å². The van der Waals surface area contributed by atoms with E-state index in [2.05, 4.69) is 26.1 Å². The minimum atomic E-state index is -0.118. The SMILES string of the molecule is CC(C)(C)c1nnc(CSc2ccc(Br)cc2N)o1. The lowest BCUT2D eigenvalue weighted by Crippen LogP contribution is -2.11. The first kappa shape index (κ1) is 14.4. The summed E-state index contributed by atoms with van der Waals surface area (Å²) in [6, 6.07) is 5.83. The van der Waals surface area contributed by atoms with E-state index in [1.54, 1.807) is 11.8 Å². The zero-order valence-electron chi connectivity index (χ0n) is 11.1. The second kappa shape index (κ2) is 5.54. The summed E-state index contributed by atoms with van der Waals surface area (Å²) in [5.74, 6) is 1.90. The predicted octanol–water partition coefficient (Wildman–Crippen LogP) is 4.00. The second-order valence-corrected chi connectivity index (χ2v) is 7.15. The van der Waals surface area contributed by atoms with Crippen LogP contribution in [-0.2, 0) is 11.2 Å². The molecular formula is C13H16BrN3OS. The third kappa shape index (κ3) is 3.73. The summed E-state index contributed by atoms with van der Waals surface area (Å²) in [4.78, 5) is 1.01. The highest BCUT2D eigenvalue weighted by Crippen LogP contribution is 2.30. The predicted molar refractivity (Wildman–Crippen MR) is 81.1 cm³/mol. The molecule has 2 N–H and O–H groups in total. The number of aromatic nitrogens is 2. The molecule has 0 aliphatic heterocycles. The molecule has 2 aromatic rings. The molecule has 102 valence electrons. The maximum atomic E-state index is 5.94. The molecule has 0 fully saturated rings. The van der Waals surface area contributed by atoms with Crippen LogP contribution in [0.25, 0.3) is 0 Å². The lowest BCUT2D eigenvalue weighted by Gasteiger charge is -2.11. The van der Waals surface area contributed by atoms with Crippen molar-refractivity contribution in [1.82, 2.24) is 10.2 Å². The maximum absolute atomic E-state index is 5.94. The molecule has 4 nitrogen and oxygen atoms in total. The third-order valence-corrected chi connectivity index (χ3v) is 4.00. The van der Waals surface area contributed by atoms with Gasteiger partial charge in [0, 0.05) is 20.5 Å². The highest BCUT2D eigenvalue weighted by molar-refractivity contribution is 9.10. The van der Waals surface area contributed by atoms with Crippen LogP contribution in [0.2, 0.25) is 0 Å². The first-order valence-corrected chi connectivity index (χ1v) is 7.65. The molecule has 6 heteroatoms. The second-order valence-electron chi connectivity index (χ2n) is 5.22. The average molecular weight is 342 g/mol. The van der Waals surface area contributed by atoms with Crippen LogP contribution in [0.15, 0.2) is 32.0 Å². The fourth-order valence-corrected chi connectivity index (χ4v) is 2.57. The molecule has 0 amide bonds. The van der Waals surface area contributed by atoms with Crippen molar-refractivity contribution in [1.29, 1.82) is 0 Å². The van der Waals surface area contributed by atoms with Gasteiger partial charge in [-0.05, 0) is 18.2 Å². The van der Waals surface area contributed by atoms with E-state index in [4.69, 9.17) is 10.2 Å². The Hall–Kier alpha value is -1.01. The molecule has 2 rings (SSSR count). The van der Waals surface area contributed by atoms with Crippen LogP contribution in [0.4, 0.5) is 5.69 Å². The Kier molecular flexibility index (Phi) is 4.20. The van der Waals surface area contributed by atoms with Crippen LogP contribution in [-0.4, -0.2) is 10.2 Å². The fraction of sp³-hybridized carbons (Fsp3) is 0.385. The summed E-state index contributed by atoms with van der Waals surface area (Å²) < 4.78 is 6.61. The van der Waals surface area contributed by atoms with Gasteiger partial charge in [0.05, 0.1) is 5.75 Å². The van der Waals surface area contributed by atoms with Crippen LogP contribution in [0.5, 0.6) is 0 Å². The number of hydrogen-bond donors (Lipinski definition) is 1. The normalized spacial score (nSPS) is 11.8. The van der Waals surface area contributed by atoms with Crippen molar-refractivity contribution in [3.05, 3.63) is 34.5 Å². The molecule has 0 saturated carbocycles. The van der Waals surface area contributed by atoms with Crippen molar-refractivity contribution < 1.29 is 4.42 Å². The highest BCUT2D eigenvalue weighted by atomic mass is 79.9. The Morgan fingerprint density at radius 2 is 2.05 bits per heavy atom. The summed E-state index contributed by atoms with van der Waals surface area (Å²) in [6.07, 6.45) is 0. The van der Waals surface area contributed by atoms with Crippen molar-refractivity contribution in [3.8, 4) is 0 Å². The largest absolute Gasteiger partial charge is 0.424 e. The number of nitrogen functional groups attached to an aromatic ring is 1. The molecule has 0 saturated heterocycles. The monoisotopic (exact) mass is 341 g/mol. The first-order chi connectivity index (χ1) is 8.86. The Balaban J connectivity index is 2.04. The Bertz CT molecular complexity index is 578. The molecule has 1 aromatic heterocycles. The quantitative estimate of drug-likeness (QED) is 0.675. The molecule has 0 atom stereocenters.